The summed E-state index contributed by atoms with van der Waals surface area (Å²) in [6.07, 6.45) is 0.591. The Bertz CT molecular complexity index is 698. The highest BCUT2D eigenvalue weighted by atomic mass is 16.5. The third-order valence-corrected chi connectivity index (χ3v) is 3.35. The van der Waals surface area contributed by atoms with Crippen molar-refractivity contribution in [2.45, 2.75) is 13.3 Å². The zero-order valence-electron chi connectivity index (χ0n) is 13.3. The van der Waals surface area contributed by atoms with Gasteiger partial charge in [0.15, 0.2) is 0 Å². The molecule has 0 unspecified atom stereocenters. The SMILES string of the molecule is COc1ccccc1CCNC(=O)C(=O)Nc1cccc(C)c1. The molecule has 23 heavy (non-hydrogen) atoms. The second-order valence-electron chi connectivity index (χ2n) is 5.14. The predicted molar refractivity (Wildman–Crippen MR) is 89.5 cm³/mol. The van der Waals surface area contributed by atoms with E-state index in [0.717, 1.165) is 16.9 Å². The van der Waals surface area contributed by atoms with Gasteiger partial charge in [0.2, 0.25) is 0 Å². The van der Waals surface area contributed by atoms with E-state index in [-0.39, 0.29) is 0 Å². The van der Waals surface area contributed by atoms with Crippen molar-refractivity contribution in [3.05, 3.63) is 59.7 Å². The minimum absolute atomic E-state index is 0.362. The summed E-state index contributed by atoms with van der Waals surface area (Å²) in [5.74, 6) is -0.553. The first kappa shape index (κ1) is 16.5. The minimum Gasteiger partial charge on any atom is -0.496 e. The predicted octanol–water partition coefficient (Wildman–Crippen LogP) is 2.30. The number of ether oxygens (including phenoxy) is 1. The van der Waals surface area contributed by atoms with E-state index in [1.165, 1.54) is 0 Å². The molecule has 0 atom stereocenters. The number of methoxy groups -OCH3 is 1. The molecule has 2 N–H and O–H groups in total. The number of anilines is 1. The molecule has 0 saturated heterocycles. The molecule has 5 heteroatoms. The molecule has 0 saturated carbocycles. The molecule has 0 aliphatic heterocycles. The number of amides is 2. The van der Waals surface area contributed by atoms with Gasteiger partial charge in [0, 0.05) is 12.2 Å². The van der Waals surface area contributed by atoms with Crippen molar-refractivity contribution in [3.8, 4) is 5.75 Å². The van der Waals surface area contributed by atoms with Crippen LogP contribution in [0.2, 0.25) is 0 Å². The molecule has 2 amide bonds. The minimum atomic E-state index is -0.671. The third-order valence-electron chi connectivity index (χ3n) is 3.35. The van der Waals surface area contributed by atoms with Gasteiger partial charge in [-0.1, -0.05) is 30.3 Å². The fourth-order valence-electron chi connectivity index (χ4n) is 2.21. The standard InChI is InChI=1S/C18H20N2O3/c1-13-6-5-8-15(12-13)20-18(22)17(21)19-11-10-14-7-3-4-9-16(14)23-2/h3-9,12H,10-11H2,1-2H3,(H,19,21)(H,20,22). The summed E-state index contributed by atoms with van der Waals surface area (Å²) in [4.78, 5) is 23.7. The van der Waals surface area contributed by atoms with Crippen LogP contribution >= 0.6 is 0 Å². The van der Waals surface area contributed by atoms with E-state index in [2.05, 4.69) is 10.6 Å². The first-order valence-electron chi connectivity index (χ1n) is 7.38. The van der Waals surface area contributed by atoms with Gasteiger partial charge in [0.1, 0.15) is 5.75 Å². The Morgan fingerprint density at radius 3 is 2.57 bits per heavy atom. The molecule has 0 heterocycles. The average molecular weight is 312 g/mol. The maximum Gasteiger partial charge on any atom is 0.313 e. The third kappa shape index (κ3) is 4.85. The van der Waals surface area contributed by atoms with Crippen LogP contribution < -0.4 is 15.4 Å². The highest BCUT2D eigenvalue weighted by Crippen LogP contribution is 2.17. The van der Waals surface area contributed by atoms with E-state index in [1.807, 2.05) is 43.3 Å². The van der Waals surface area contributed by atoms with E-state index in [9.17, 15) is 9.59 Å². The van der Waals surface area contributed by atoms with E-state index in [1.54, 1.807) is 19.2 Å². The smallest absolute Gasteiger partial charge is 0.313 e. The molecular formula is C18H20N2O3. The molecule has 2 aromatic carbocycles. The lowest BCUT2D eigenvalue weighted by atomic mass is 10.1. The second-order valence-corrected chi connectivity index (χ2v) is 5.14. The molecule has 120 valence electrons. The monoisotopic (exact) mass is 312 g/mol. The highest BCUT2D eigenvalue weighted by molar-refractivity contribution is 6.39. The molecule has 0 aromatic heterocycles. The molecule has 0 radical (unpaired) electrons. The van der Waals surface area contributed by atoms with Crippen LogP contribution in [0.4, 0.5) is 5.69 Å². The lowest BCUT2D eigenvalue weighted by molar-refractivity contribution is -0.136. The first-order chi connectivity index (χ1) is 11.1. The summed E-state index contributed by atoms with van der Waals surface area (Å²) >= 11 is 0. The number of aryl methyl sites for hydroxylation is 1. The number of hydrogen-bond acceptors (Lipinski definition) is 3. The number of carbonyl (C=O) groups excluding carboxylic acids is 2. The number of para-hydroxylation sites is 1. The molecule has 0 spiro atoms. The van der Waals surface area contributed by atoms with Crippen molar-refractivity contribution in [1.29, 1.82) is 0 Å². The molecule has 0 aliphatic rings. The molecular weight excluding hydrogens is 292 g/mol. The van der Waals surface area contributed by atoms with Gasteiger partial charge < -0.3 is 15.4 Å². The number of benzene rings is 2. The lowest BCUT2D eigenvalue weighted by Crippen LogP contribution is -2.36. The number of nitrogens with one attached hydrogen (secondary N) is 2. The maximum atomic E-state index is 11.8. The number of carbonyl (C=O) groups is 2. The number of hydrogen-bond donors (Lipinski definition) is 2. The van der Waals surface area contributed by atoms with Crippen molar-refractivity contribution in [3.63, 3.8) is 0 Å². The van der Waals surface area contributed by atoms with Crippen LogP contribution in [0.15, 0.2) is 48.5 Å². The summed E-state index contributed by atoms with van der Waals surface area (Å²) < 4.78 is 5.25. The van der Waals surface area contributed by atoms with E-state index in [4.69, 9.17) is 4.74 Å². The summed E-state index contributed by atoms with van der Waals surface area (Å²) in [5.41, 5.74) is 2.60. The zero-order chi connectivity index (χ0) is 16.7. The average Bonchev–Trinajstić information content (AvgIpc) is 2.55. The second kappa shape index (κ2) is 7.98. The van der Waals surface area contributed by atoms with Gasteiger partial charge in [0.25, 0.3) is 0 Å². The summed E-state index contributed by atoms with van der Waals surface area (Å²) in [7, 11) is 1.60. The molecule has 0 bridgehead atoms. The van der Waals surface area contributed by atoms with E-state index in [0.29, 0.717) is 18.7 Å². The Balaban J connectivity index is 1.83. The lowest BCUT2D eigenvalue weighted by Gasteiger charge is -2.09. The van der Waals surface area contributed by atoms with Gasteiger partial charge >= 0.3 is 11.8 Å². The van der Waals surface area contributed by atoms with Crippen LogP contribution in [-0.2, 0) is 16.0 Å². The van der Waals surface area contributed by atoms with Crippen LogP contribution in [-0.4, -0.2) is 25.5 Å². The normalized spacial score (nSPS) is 10.0. The summed E-state index contributed by atoms with van der Waals surface area (Å²) in [5, 5.41) is 5.19. The van der Waals surface area contributed by atoms with Crippen LogP contribution in [0, 0.1) is 6.92 Å². The van der Waals surface area contributed by atoms with Crippen LogP contribution in [0.25, 0.3) is 0 Å². The fraction of sp³-hybridized carbons (Fsp3) is 0.222. The quantitative estimate of drug-likeness (QED) is 0.833. The Labute approximate surface area is 135 Å². The molecule has 0 fully saturated rings. The summed E-state index contributed by atoms with van der Waals surface area (Å²) in [6.45, 7) is 2.28. The van der Waals surface area contributed by atoms with Crippen molar-refractivity contribution in [1.82, 2.24) is 5.32 Å². The van der Waals surface area contributed by atoms with Crippen LogP contribution in [0.1, 0.15) is 11.1 Å². The molecule has 2 rings (SSSR count). The fourth-order valence-corrected chi connectivity index (χ4v) is 2.21. The van der Waals surface area contributed by atoms with E-state index < -0.39 is 11.8 Å². The van der Waals surface area contributed by atoms with Gasteiger partial charge in [0.05, 0.1) is 7.11 Å². The van der Waals surface area contributed by atoms with E-state index >= 15 is 0 Å². The van der Waals surface area contributed by atoms with Crippen molar-refractivity contribution in [2.24, 2.45) is 0 Å². The van der Waals surface area contributed by atoms with Crippen molar-refractivity contribution < 1.29 is 14.3 Å². The van der Waals surface area contributed by atoms with Gasteiger partial charge in [-0.3, -0.25) is 9.59 Å². The van der Waals surface area contributed by atoms with Crippen LogP contribution in [0.3, 0.4) is 0 Å². The number of rotatable bonds is 5. The topological polar surface area (TPSA) is 67.4 Å². The van der Waals surface area contributed by atoms with Gasteiger partial charge in [-0.15, -0.1) is 0 Å². The largest absolute Gasteiger partial charge is 0.496 e. The van der Waals surface area contributed by atoms with Crippen molar-refractivity contribution in [2.75, 3.05) is 19.0 Å². The summed E-state index contributed by atoms with van der Waals surface area (Å²) in [6, 6.07) is 14.9. The first-order valence-corrected chi connectivity index (χ1v) is 7.38. The van der Waals surface area contributed by atoms with Crippen LogP contribution in [0.5, 0.6) is 5.75 Å². The van der Waals surface area contributed by atoms with Gasteiger partial charge in [-0.25, -0.2) is 0 Å². The Morgan fingerprint density at radius 2 is 1.83 bits per heavy atom. The molecule has 5 nitrogen and oxygen atoms in total. The molecule has 2 aromatic rings. The Kier molecular flexibility index (Phi) is 5.74. The van der Waals surface area contributed by atoms with Gasteiger partial charge in [-0.05, 0) is 42.7 Å². The zero-order valence-corrected chi connectivity index (χ0v) is 13.3. The highest BCUT2D eigenvalue weighted by Gasteiger charge is 2.13. The van der Waals surface area contributed by atoms with Gasteiger partial charge in [-0.2, -0.15) is 0 Å². The molecule has 0 aliphatic carbocycles. The van der Waals surface area contributed by atoms with Crippen molar-refractivity contribution >= 4 is 17.5 Å². The Hall–Kier alpha value is -2.82. The Morgan fingerprint density at radius 1 is 1.04 bits per heavy atom. The maximum absolute atomic E-state index is 11.8.